The third-order valence-electron chi connectivity index (χ3n) is 5.47. The molecule has 0 radical (unpaired) electrons. The molecular weight excluding hydrogens is 376 g/mol. The second-order valence-electron chi connectivity index (χ2n) is 7.37. The standard InChI is InChI=1S/C20H26N4O3S/c1-12-7-9-23(10-8-12)17(15-6-5-14(26-3)11-16(15)27-4)18-19(25)24-20(28-18)21-13(2)22-24/h5-6,11-12,17,25H,7-10H2,1-4H3/t17-/m1/s1. The molecule has 0 saturated carbocycles. The average Bonchev–Trinajstić information content (AvgIpc) is 3.21. The van der Waals surface area contributed by atoms with Crippen molar-refractivity contribution in [2.75, 3.05) is 27.3 Å². The van der Waals surface area contributed by atoms with Crippen LogP contribution >= 0.6 is 11.3 Å². The lowest BCUT2D eigenvalue weighted by Crippen LogP contribution is -2.36. The molecule has 0 bridgehead atoms. The summed E-state index contributed by atoms with van der Waals surface area (Å²) in [6, 6.07) is 5.74. The molecule has 0 amide bonds. The summed E-state index contributed by atoms with van der Waals surface area (Å²) >= 11 is 1.48. The number of aromatic nitrogens is 3. The van der Waals surface area contributed by atoms with Crippen LogP contribution in [0.5, 0.6) is 17.4 Å². The van der Waals surface area contributed by atoms with Crippen LogP contribution in [-0.2, 0) is 0 Å². The molecular formula is C20H26N4O3S. The van der Waals surface area contributed by atoms with E-state index >= 15 is 0 Å². The number of nitrogens with zero attached hydrogens (tertiary/aromatic N) is 4. The zero-order valence-electron chi connectivity index (χ0n) is 16.7. The van der Waals surface area contributed by atoms with E-state index in [-0.39, 0.29) is 11.9 Å². The molecule has 1 saturated heterocycles. The third-order valence-corrected chi connectivity index (χ3v) is 6.55. The van der Waals surface area contributed by atoms with Crippen LogP contribution in [0.25, 0.3) is 4.96 Å². The Labute approximate surface area is 168 Å². The summed E-state index contributed by atoms with van der Waals surface area (Å²) in [6.07, 6.45) is 2.27. The topological polar surface area (TPSA) is 72.1 Å². The van der Waals surface area contributed by atoms with Crippen LogP contribution in [0.1, 0.15) is 42.1 Å². The number of likely N-dealkylation sites (tertiary alicyclic amines) is 1. The second kappa shape index (κ2) is 7.60. The van der Waals surface area contributed by atoms with Crippen LogP contribution in [-0.4, -0.2) is 51.9 Å². The smallest absolute Gasteiger partial charge is 0.230 e. The number of rotatable bonds is 5. The van der Waals surface area contributed by atoms with E-state index in [1.54, 1.807) is 14.2 Å². The normalized spacial score (nSPS) is 17.1. The molecule has 1 N–H and O–H groups in total. The van der Waals surface area contributed by atoms with E-state index in [9.17, 15) is 5.11 Å². The van der Waals surface area contributed by atoms with Gasteiger partial charge in [-0.3, -0.25) is 4.90 Å². The van der Waals surface area contributed by atoms with Crippen LogP contribution in [0.2, 0.25) is 0 Å². The largest absolute Gasteiger partial charge is 0.497 e. The van der Waals surface area contributed by atoms with Gasteiger partial charge in [-0.15, -0.1) is 5.10 Å². The molecule has 7 nitrogen and oxygen atoms in total. The minimum absolute atomic E-state index is 0.123. The molecule has 0 aliphatic carbocycles. The Balaban J connectivity index is 1.84. The van der Waals surface area contributed by atoms with Gasteiger partial charge in [0, 0.05) is 11.6 Å². The fourth-order valence-corrected chi connectivity index (χ4v) is 5.01. The average molecular weight is 403 g/mol. The Morgan fingerprint density at radius 2 is 1.96 bits per heavy atom. The highest BCUT2D eigenvalue weighted by Gasteiger charge is 2.33. The van der Waals surface area contributed by atoms with E-state index in [1.165, 1.54) is 15.9 Å². The van der Waals surface area contributed by atoms with Gasteiger partial charge in [-0.2, -0.15) is 4.52 Å². The number of aromatic hydroxyl groups is 1. The summed E-state index contributed by atoms with van der Waals surface area (Å²) in [7, 11) is 3.31. The van der Waals surface area contributed by atoms with E-state index < -0.39 is 0 Å². The van der Waals surface area contributed by atoms with Crippen molar-refractivity contribution < 1.29 is 14.6 Å². The van der Waals surface area contributed by atoms with Crippen LogP contribution < -0.4 is 9.47 Å². The van der Waals surface area contributed by atoms with Crippen molar-refractivity contribution in [2.24, 2.45) is 5.92 Å². The first-order valence-corrected chi connectivity index (χ1v) is 10.3. The molecule has 1 aliphatic heterocycles. The highest BCUT2D eigenvalue weighted by atomic mass is 32.1. The molecule has 28 heavy (non-hydrogen) atoms. The lowest BCUT2D eigenvalue weighted by Gasteiger charge is -2.37. The molecule has 3 aromatic rings. The summed E-state index contributed by atoms with van der Waals surface area (Å²) in [6.45, 7) is 6.05. The molecule has 4 rings (SSSR count). The maximum atomic E-state index is 11.0. The summed E-state index contributed by atoms with van der Waals surface area (Å²) in [5.41, 5.74) is 1.01. The molecule has 3 heterocycles. The molecule has 1 aromatic carbocycles. The number of hydrogen-bond acceptors (Lipinski definition) is 7. The van der Waals surface area contributed by atoms with Crippen molar-refractivity contribution in [1.82, 2.24) is 19.5 Å². The molecule has 1 aliphatic rings. The van der Waals surface area contributed by atoms with Crippen LogP contribution in [0.15, 0.2) is 18.2 Å². The number of aryl methyl sites for hydroxylation is 1. The first-order chi connectivity index (χ1) is 13.5. The quantitative estimate of drug-likeness (QED) is 0.702. The van der Waals surface area contributed by atoms with Gasteiger partial charge in [0.05, 0.1) is 25.1 Å². The van der Waals surface area contributed by atoms with Gasteiger partial charge < -0.3 is 14.6 Å². The van der Waals surface area contributed by atoms with Crippen molar-refractivity contribution >= 4 is 16.3 Å². The van der Waals surface area contributed by atoms with Gasteiger partial charge in [0.2, 0.25) is 10.8 Å². The Morgan fingerprint density at radius 3 is 2.61 bits per heavy atom. The lowest BCUT2D eigenvalue weighted by atomic mass is 9.94. The van der Waals surface area contributed by atoms with Gasteiger partial charge in [-0.1, -0.05) is 18.3 Å². The van der Waals surface area contributed by atoms with Gasteiger partial charge in [-0.05, 0) is 50.9 Å². The second-order valence-corrected chi connectivity index (χ2v) is 8.38. The lowest BCUT2D eigenvalue weighted by molar-refractivity contribution is 0.155. The highest BCUT2D eigenvalue weighted by Crippen LogP contribution is 2.44. The van der Waals surface area contributed by atoms with Crippen LogP contribution in [0, 0.1) is 12.8 Å². The minimum Gasteiger partial charge on any atom is -0.497 e. The first-order valence-electron chi connectivity index (χ1n) is 9.52. The maximum absolute atomic E-state index is 11.0. The summed E-state index contributed by atoms with van der Waals surface area (Å²) in [4.78, 5) is 8.40. The number of piperidine rings is 1. The van der Waals surface area contributed by atoms with Gasteiger partial charge in [0.15, 0.2) is 0 Å². The highest BCUT2D eigenvalue weighted by molar-refractivity contribution is 7.17. The van der Waals surface area contributed by atoms with E-state index in [0.29, 0.717) is 16.7 Å². The molecule has 0 spiro atoms. The van der Waals surface area contributed by atoms with Crippen molar-refractivity contribution in [1.29, 1.82) is 0 Å². The summed E-state index contributed by atoms with van der Waals surface area (Å²) in [5.74, 6) is 3.01. The van der Waals surface area contributed by atoms with E-state index in [4.69, 9.17) is 9.47 Å². The molecule has 1 atom stereocenters. The van der Waals surface area contributed by atoms with Crippen LogP contribution in [0.4, 0.5) is 0 Å². The van der Waals surface area contributed by atoms with Crippen molar-refractivity contribution in [2.45, 2.75) is 32.7 Å². The van der Waals surface area contributed by atoms with Gasteiger partial charge in [-0.25, -0.2) is 4.98 Å². The molecule has 8 heteroatoms. The molecule has 2 aromatic heterocycles. The van der Waals surface area contributed by atoms with Crippen molar-refractivity contribution in [3.63, 3.8) is 0 Å². The van der Waals surface area contributed by atoms with Crippen LogP contribution in [0.3, 0.4) is 0 Å². The van der Waals surface area contributed by atoms with E-state index in [2.05, 4.69) is 21.9 Å². The first kappa shape index (κ1) is 19.0. The Hall–Kier alpha value is -2.32. The zero-order valence-corrected chi connectivity index (χ0v) is 17.5. The molecule has 1 fully saturated rings. The predicted molar refractivity (Wildman–Crippen MR) is 109 cm³/mol. The number of thiazole rings is 1. The fourth-order valence-electron chi connectivity index (χ4n) is 3.86. The maximum Gasteiger partial charge on any atom is 0.230 e. The van der Waals surface area contributed by atoms with Gasteiger partial charge in [0.1, 0.15) is 17.3 Å². The van der Waals surface area contributed by atoms with E-state index in [1.807, 2.05) is 25.1 Å². The number of methoxy groups -OCH3 is 2. The van der Waals surface area contributed by atoms with Gasteiger partial charge >= 0.3 is 0 Å². The molecule has 150 valence electrons. The third kappa shape index (κ3) is 3.31. The van der Waals surface area contributed by atoms with E-state index in [0.717, 1.165) is 47.9 Å². The fraction of sp³-hybridized carbons (Fsp3) is 0.500. The SMILES string of the molecule is COc1ccc([C@H](c2sc3nc(C)nn3c2O)N2CCC(C)CC2)c(OC)c1. The molecule has 0 unspecified atom stereocenters. The monoisotopic (exact) mass is 402 g/mol. The number of benzene rings is 1. The predicted octanol–water partition coefficient (Wildman–Crippen LogP) is 3.64. The summed E-state index contributed by atoms with van der Waals surface area (Å²) in [5, 5.41) is 15.3. The summed E-state index contributed by atoms with van der Waals surface area (Å²) < 4.78 is 12.6. The van der Waals surface area contributed by atoms with Crippen molar-refractivity contribution in [3.05, 3.63) is 34.5 Å². The van der Waals surface area contributed by atoms with Gasteiger partial charge in [0.25, 0.3) is 0 Å². The number of ether oxygens (including phenoxy) is 2. The Bertz CT molecular complexity index is 975. The number of fused-ring (bicyclic) bond motifs is 1. The zero-order chi connectivity index (χ0) is 19.8. The minimum atomic E-state index is -0.123. The van der Waals surface area contributed by atoms with Crippen molar-refractivity contribution in [3.8, 4) is 17.4 Å². The Kier molecular flexibility index (Phi) is 5.16. The Morgan fingerprint density at radius 1 is 1.21 bits per heavy atom. The number of hydrogen-bond donors (Lipinski definition) is 1.